The Labute approximate surface area is 121 Å². The minimum atomic E-state index is -0.182. The molecule has 0 spiro atoms. The van der Waals surface area contributed by atoms with Crippen LogP contribution in [0.2, 0.25) is 0 Å². The summed E-state index contributed by atoms with van der Waals surface area (Å²) in [5.74, 6) is 0.462. The van der Waals surface area contributed by atoms with Crippen molar-refractivity contribution in [1.29, 1.82) is 0 Å². The first-order chi connectivity index (χ1) is 9.56. The van der Waals surface area contributed by atoms with E-state index in [1.54, 1.807) is 12.1 Å². The van der Waals surface area contributed by atoms with E-state index < -0.39 is 0 Å². The fraction of sp³-hybridized carbons (Fsp3) is 0.267. The van der Waals surface area contributed by atoms with Gasteiger partial charge in [-0.05, 0) is 5.92 Å². The first-order valence-corrected chi connectivity index (χ1v) is 7.37. The maximum absolute atomic E-state index is 12.0. The fourth-order valence-electron chi connectivity index (χ4n) is 1.66. The van der Waals surface area contributed by atoms with Gasteiger partial charge in [0.1, 0.15) is 0 Å². The van der Waals surface area contributed by atoms with Crippen molar-refractivity contribution < 1.29 is 4.79 Å². The van der Waals surface area contributed by atoms with Crippen molar-refractivity contribution in [2.24, 2.45) is 0 Å². The molecule has 1 heterocycles. The summed E-state index contributed by atoms with van der Waals surface area (Å²) in [6, 6.07) is 10.6. The highest BCUT2D eigenvalue weighted by atomic mass is 32.2. The third-order valence-corrected chi connectivity index (χ3v) is 3.64. The predicted molar refractivity (Wildman–Crippen MR) is 80.4 cm³/mol. The van der Waals surface area contributed by atoms with Gasteiger partial charge in [0.15, 0.2) is 10.9 Å². The Balaban J connectivity index is 2.08. The normalized spacial score (nSPS) is 10.8. The van der Waals surface area contributed by atoms with Crippen molar-refractivity contribution in [3.05, 3.63) is 58.0 Å². The van der Waals surface area contributed by atoms with Crippen molar-refractivity contribution >= 4 is 17.5 Å². The summed E-state index contributed by atoms with van der Waals surface area (Å²) in [6.45, 7) is 3.96. The maximum Gasteiger partial charge on any atom is 0.251 e. The van der Waals surface area contributed by atoms with Crippen LogP contribution in [0, 0.1) is 0 Å². The monoisotopic (exact) mass is 288 g/mol. The maximum atomic E-state index is 12.0. The fourth-order valence-corrected chi connectivity index (χ4v) is 2.44. The number of carbonyl (C=O) groups is 1. The van der Waals surface area contributed by atoms with Crippen LogP contribution < -0.4 is 5.56 Å². The molecular formula is C15H16N2O2S. The summed E-state index contributed by atoms with van der Waals surface area (Å²) >= 11 is 1.25. The average molecular weight is 288 g/mol. The number of carbonyl (C=O) groups excluding carboxylic acids is 1. The Morgan fingerprint density at radius 2 is 2.00 bits per heavy atom. The molecule has 0 radical (unpaired) electrons. The minimum Gasteiger partial charge on any atom is -0.301 e. The number of nitrogens with zero attached hydrogens (tertiary/aromatic N) is 1. The molecule has 0 atom stereocenters. The smallest absolute Gasteiger partial charge is 0.251 e. The Morgan fingerprint density at radius 1 is 1.30 bits per heavy atom. The minimum absolute atomic E-state index is 0.0215. The van der Waals surface area contributed by atoms with Gasteiger partial charge in [-0.3, -0.25) is 9.59 Å². The third-order valence-electron chi connectivity index (χ3n) is 2.77. The highest BCUT2D eigenvalue weighted by Crippen LogP contribution is 2.16. The van der Waals surface area contributed by atoms with Gasteiger partial charge in [0, 0.05) is 11.6 Å². The third kappa shape index (κ3) is 3.81. The zero-order chi connectivity index (χ0) is 14.5. The van der Waals surface area contributed by atoms with E-state index >= 15 is 0 Å². The predicted octanol–water partition coefficient (Wildman–Crippen LogP) is 2.87. The highest BCUT2D eigenvalue weighted by Gasteiger charge is 2.09. The van der Waals surface area contributed by atoms with Crippen LogP contribution in [0.1, 0.15) is 35.8 Å². The Kier molecular flexibility index (Phi) is 4.74. The van der Waals surface area contributed by atoms with Crippen molar-refractivity contribution in [2.75, 3.05) is 5.75 Å². The molecule has 0 fully saturated rings. The van der Waals surface area contributed by atoms with Crippen LogP contribution in [0.3, 0.4) is 0 Å². The van der Waals surface area contributed by atoms with Crippen LogP contribution in [-0.4, -0.2) is 21.5 Å². The number of hydrogen-bond donors (Lipinski definition) is 1. The Morgan fingerprint density at radius 3 is 2.65 bits per heavy atom. The molecule has 104 valence electrons. The van der Waals surface area contributed by atoms with Gasteiger partial charge in [-0.2, -0.15) is 0 Å². The van der Waals surface area contributed by atoms with E-state index in [1.807, 2.05) is 32.0 Å². The second-order valence-electron chi connectivity index (χ2n) is 4.71. The molecule has 0 amide bonds. The molecule has 20 heavy (non-hydrogen) atoms. The number of rotatable bonds is 5. The Hall–Kier alpha value is -1.88. The van der Waals surface area contributed by atoms with E-state index in [9.17, 15) is 9.59 Å². The standard InChI is InChI=1S/C15H16N2O2S/c1-10(2)12-8-14(19)17-15(16-12)20-9-13(18)11-6-4-3-5-7-11/h3-8,10H,9H2,1-2H3,(H,16,17,19). The number of H-pyrrole nitrogens is 1. The number of hydrogen-bond acceptors (Lipinski definition) is 4. The lowest BCUT2D eigenvalue weighted by atomic mass is 10.1. The van der Waals surface area contributed by atoms with E-state index in [-0.39, 0.29) is 23.0 Å². The number of aromatic nitrogens is 2. The molecule has 0 bridgehead atoms. The van der Waals surface area contributed by atoms with Gasteiger partial charge in [0.25, 0.3) is 5.56 Å². The largest absolute Gasteiger partial charge is 0.301 e. The zero-order valence-corrected chi connectivity index (χ0v) is 12.2. The summed E-state index contributed by atoms with van der Waals surface area (Å²) in [7, 11) is 0. The lowest BCUT2D eigenvalue weighted by Gasteiger charge is -2.06. The van der Waals surface area contributed by atoms with Gasteiger partial charge >= 0.3 is 0 Å². The number of aromatic amines is 1. The lowest BCUT2D eigenvalue weighted by molar-refractivity contribution is 0.102. The van der Waals surface area contributed by atoms with Gasteiger partial charge in [-0.25, -0.2) is 4.98 Å². The van der Waals surface area contributed by atoms with Crippen molar-refractivity contribution in [2.45, 2.75) is 24.9 Å². The number of benzene rings is 1. The van der Waals surface area contributed by atoms with Crippen LogP contribution in [-0.2, 0) is 0 Å². The van der Waals surface area contributed by atoms with Gasteiger partial charge < -0.3 is 4.98 Å². The summed E-state index contributed by atoms with van der Waals surface area (Å²) in [5.41, 5.74) is 1.23. The van der Waals surface area contributed by atoms with Crippen LogP contribution in [0.4, 0.5) is 0 Å². The van der Waals surface area contributed by atoms with Crippen LogP contribution in [0.15, 0.2) is 46.3 Å². The molecule has 1 aromatic heterocycles. The molecule has 0 aliphatic carbocycles. The van der Waals surface area contributed by atoms with E-state index in [1.165, 1.54) is 17.8 Å². The summed E-state index contributed by atoms with van der Waals surface area (Å²) in [6.07, 6.45) is 0. The SMILES string of the molecule is CC(C)c1cc(=O)[nH]c(SCC(=O)c2ccccc2)n1. The van der Waals surface area contributed by atoms with Gasteiger partial charge in [0.2, 0.25) is 0 Å². The molecule has 0 aliphatic heterocycles. The quantitative estimate of drug-likeness (QED) is 0.522. The van der Waals surface area contributed by atoms with E-state index in [4.69, 9.17) is 0 Å². The molecule has 0 unspecified atom stereocenters. The zero-order valence-electron chi connectivity index (χ0n) is 11.4. The molecule has 1 N–H and O–H groups in total. The number of nitrogens with one attached hydrogen (secondary N) is 1. The van der Waals surface area contributed by atoms with Crippen LogP contribution >= 0.6 is 11.8 Å². The van der Waals surface area contributed by atoms with E-state index in [0.717, 1.165) is 5.69 Å². The molecule has 4 nitrogen and oxygen atoms in total. The summed E-state index contributed by atoms with van der Waals surface area (Å²) in [5, 5.41) is 0.491. The summed E-state index contributed by atoms with van der Waals surface area (Å²) in [4.78, 5) is 30.5. The second kappa shape index (κ2) is 6.52. The molecule has 0 saturated heterocycles. The second-order valence-corrected chi connectivity index (χ2v) is 5.67. The van der Waals surface area contributed by atoms with Crippen molar-refractivity contribution in [3.8, 4) is 0 Å². The van der Waals surface area contributed by atoms with E-state index in [0.29, 0.717) is 10.7 Å². The molecular weight excluding hydrogens is 272 g/mol. The topological polar surface area (TPSA) is 62.8 Å². The molecule has 5 heteroatoms. The van der Waals surface area contributed by atoms with Gasteiger partial charge in [-0.1, -0.05) is 55.9 Å². The number of thioether (sulfide) groups is 1. The Bertz CT molecular complexity index is 650. The van der Waals surface area contributed by atoms with Crippen molar-refractivity contribution in [3.63, 3.8) is 0 Å². The molecule has 1 aromatic carbocycles. The van der Waals surface area contributed by atoms with Gasteiger partial charge in [-0.15, -0.1) is 0 Å². The lowest BCUT2D eigenvalue weighted by Crippen LogP contribution is -2.12. The molecule has 2 aromatic rings. The molecule has 2 rings (SSSR count). The van der Waals surface area contributed by atoms with Crippen LogP contribution in [0.25, 0.3) is 0 Å². The first-order valence-electron chi connectivity index (χ1n) is 6.38. The van der Waals surface area contributed by atoms with Crippen molar-refractivity contribution in [1.82, 2.24) is 9.97 Å². The first kappa shape index (κ1) is 14.5. The van der Waals surface area contributed by atoms with Gasteiger partial charge in [0.05, 0.1) is 11.4 Å². The summed E-state index contributed by atoms with van der Waals surface area (Å²) < 4.78 is 0. The number of ketones is 1. The average Bonchev–Trinajstić information content (AvgIpc) is 2.45. The van der Waals surface area contributed by atoms with E-state index in [2.05, 4.69) is 9.97 Å². The van der Waals surface area contributed by atoms with Crippen LogP contribution in [0.5, 0.6) is 0 Å². The molecule has 0 saturated carbocycles. The number of Topliss-reactive ketones (excluding diaryl/α,β-unsaturated/α-hetero) is 1. The molecule has 0 aliphatic rings. The highest BCUT2D eigenvalue weighted by molar-refractivity contribution is 7.99.